The summed E-state index contributed by atoms with van der Waals surface area (Å²) in [6.45, 7) is 4.45. The maximum atomic E-state index is 11.3. The monoisotopic (exact) mass is 368 g/mol. The lowest BCUT2D eigenvalue weighted by atomic mass is 10.0. The van der Waals surface area contributed by atoms with Crippen molar-refractivity contribution in [3.8, 4) is 5.88 Å². The number of nitrogen functional groups attached to an aromatic ring is 1. The Kier molecular flexibility index (Phi) is 4.07. The standard InChI is InChI=1S/C14H19N5O5P/c1-3-21-11-9-10(17-13(15)18-11)19(7-16-9)12-8-4-14(24-12,5-22-8)6-23-25(2)20/h7-8,12H,3-6H2,1-2H3,(H2,15,17,18)/q+1/t8-,12-,14-/m1/s1. The summed E-state index contributed by atoms with van der Waals surface area (Å²) in [6.07, 6.45) is 1.69. The van der Waals surface area contributed by atoms with Crippen molar-refractivity contribution >= 4 is 25.1 Å². The first-order valence-electron chi connectivity index (χ1n) is 7.97. The summed E-state index contributed by atoms with van der Waals surface area (Å²) in [4.78, 5) is 12.7. The molecular weight excluding hydrogens is 349 g/mol. The summed E-state index contributed by atoms with van der Waals surface area (Å²) in [5.74, 6) is 0.441. The molecule has 0 amide bonds. The highest BCUT2D eigenvalue weighted by molar-refractivity contribution is 7.38. The maximum absolute atomic E-state index is 11.3. The molecule has 0 spiro atoms. The van der Waals surface area contributed by atoms with Gasteiger partial charge in [0.15, 0.2) is 24.1 Å². The largest absolute Gasteiger partial charge is 0.504 e. The van der Waals surface area contributed by atoms with Crippen molar-refractivity contribution in [1.29, 1.82) is 0 Å². The van der Waals surface area contributed by atoms with E-state index in [2.05, 4.69) is 15.0 Å². The van der Waals surface area contributed by atoms with Gasteiger partial charge >= 0.3 is 8.03 Å². The molecule has 25 heavy (non-hydrogen) atoms. The first kappa shape index (κ1) is 16.6. The van der Waals surface area contributed by atoms with Crippen molar-refractivity contribution in [3.05, 3.63) is 6.33 Å². The number of aromatic nitrogens is 4. The molecule has 10 nitrogen and oxygen atoms in total. The number of hydrogen-bond donors (Lipinski definition) is 1. The molecule has 4 rings (SSSR count). The van der Waals surface area contributed by atoms with Crippen LogP contribution in [0.3, 0.4) is 0 Å². The lowest BCUT2D eigenvalue weighted by Crippen LogP contribution is -2.39. The molecule has 0 aromatic carbocycles. The Bertz CT molecular complexity index is 829. The number of anilines is 1. The summed E-state index contributed by atoms with van der Waals surface area (Å²) in [5.41, 5.74) is 6.23. The SMILES string of the molecule is CCOc1nc(N)nc2c1ncn2[C@@H]1O[C@@]2(CO[P+](C)=O)CO[C@@H]1C2. The Morgan fingerprint density at radius 2 is 2.36 bits per heavy atom. The average molecular weight is 368 g/mol. The van der Waals surface area contributed by atoms with Gasteiger partial charge in [-0.25, -0.2) is 4.98 Å². The Labute approximate surface area is 144 Å². The lowest BCUT2D eigenvalue weighted by molar-refractivity contribution is -0.179. The highest BCUT2D eigenvalue weighted by Crippen LogP contribution is 2.46. The van der Waals surface area contributed by atoms with Gasteiger partial charge in [0.05, 0.1) is 19.5 Å². The minimum atomic E-state index is -1.69. The van der Waals surface area contributed by atoms with Crippen LogP contribution < -0.4 is 10.5 Å². The van der Waals surface area contributed by atoms with Gasteiger partial charge in [-0.05, 0) is 11.5 Å². The maximum Gasteiger partial charge on any atom is 0.504 e. The van der Waals surface area contributed by atoms with E-state index in [0.29, 0.717) is 36.7 Å². The summed E-state index contributed by atoms with van der Waals surface area (Å²) < 4.78 is 35.8. The first-order valence-corrected chi connectivity index (χ1v) is 9.60. The quantitative estimate of drug-likeness (QED) is 0.750. The summed E-state index contributed by atoms with van der Waals surface area (Å²) in [6, 6.07) is 0. The van der Waals surface area contributed by atoms with Crippen molar-refractivity contribution < 1.29 is 23.3 Å². The van der Waals surface area contributed by atoms with Crippen molar-refractivity contribution in [2.75, 3.05) is 32.2 Å². The van der Waals surface area contributed by atoms with E-state index in [1.807, 2.05) is 6.92 Å². The van der Waals surface area contributed by atoms with E-state index in [-0.39, 0.29) is 18.7 Å². The second kappa shape index (κ2) is 6.14. The number of ether oxygens (including phenoxy) is 3. The van der Waals surface area contributed by atoms with Gasteiger partial charge in [0.1, 0.15) is 18.3 Å². The fourth-order valence-electron chi connectivity index (χ4n) is 3.25. The summed E-state index contributed by atoms with van der Waals surface area (Å²) in [7, 11) is -1.69. The third-order valence-corrected chi connectivity index (χ3v) is 4.79. The minimum absolute atomic E-state index is 0.0998. The molecule has 2 saturated heterocycles. The van der Waals surface area contributed by atoms with E-state index in [9.17, 15) is 4.57 Å². The Morgan fingerprint density at radius 3 is 3.12 bits per heavy atom. The number of rotatable bonds is 6. The van der Waals surface area contributed by atoms with E-state index in [0.717, 1.165) is 0 Å². The molecule has 1 unspecified atom stereocenters. The van der Waals surface area contributed by atoms with Gasteiger partial charge in [0.25, 0.3) is 0 Å². The molecule has 134 valence electrons. The molecule has 2 bridgehead atoms. The van der Waals surface area contributed by atoms with Crippen molar-refractivity contribution in [1.82, 2.24) is 19.5 Å². The van der Waals surface area contributed by atoms with Crippen LogP contribution in [0.1, 0.15) is 19.6 Å². The minimum Gasteiger partial charge on any atom is -0.476 e. The van der Waals surface area contributed by atoms with Gasteiger partial charge in [0, 0.05) is 6.42 Å². The third kappa shape index (κ3) is 2.85. The molecular formula is C14H19N5O5P+. The van der Waals surface area contributed by atoms with Crippen LogP contribution in [-0.4, -0.2) is 57.7 Å². The van der Waals surface area contributed by atoms with Gasteiger partial charge in [-0.15, -0.1) is 4.52 Å². The number of nitrogens with zero attached hydrogens (tertiary/aromatic N) is 4. The highest BCUT2D eigenvalue weighted by Gasteiger charge is 2.55. The zero-order valence-corrected chi connectivity index (χ0v) is 14.8. The summed E-state index contributed by atoms with van der Waals surface area (Å²) in [5, 5.41) is 0. The summed E-state index contributed by atoms with van der Waals surface area (Å²) >= 11 is 0. The van der Waals surface area contributed by atoms with E-state index < -0.39 is 19.9 Å². The Balaban J connectivity index is 1.66. The Hall–Kier alpha value is -1.87. The van der Waals surface area contributed by atoms with Crippen LogP contribution in [0.15, 0.2) is 6.33 Å². The van der Waals surface area contributed by atoms with Crippen LogP contribution in [0.2, 0.25) is 0 Å². The van der Waals surface area contributed by atoms with Crippen molar-refractivity contribution in [2.24, 2.45) is 0 Å². The predicted octanol–water partition coefficient (Wildman–Crippen LogP) is 1.25. The second-order valence-electron chi connectivity index (χ2n) is 6.10. The highest BCUT2D eigenvalue weighted by atomic mass is 31.1. The number of hydrogen-bond acceptors (Lipinski definition) is 9. The molecule has 4 heterocycles. The fourth-order valence-corrected chi connectivity index (χ4v) is 3.67. The Morgan fingerprint density at radius 1 is 1.52 bits per heavy atom. The lowest BCUT2D eigenvalue weighted by Gasteiger charge is -2.29. The number of imidazole rings is 1. The van der Waals surface area contributed by atoms with Gasteiger partial charge in [-0.2, -0.15) is 9.97 Å². The van der Waals surface area contributed by atoms with Crippen LogP contribution in [-0.2, 0) is 18.6 Å². The zero-order chi connectivity index (χ0) is 17.6. The van der Waals surface area contributed by atoms with Crippen molar-refractivity contribution in [2.45, 2.75) is 31.3 Å². The number of fused-ring (bicyclic) bond motifs is 3. The number of nitrogens with two attached hydrogens (primary N) is 1. The van der Waals surface area contributed by atoms with Crippen LogP contribution in [0.25, 0.3) is 11.2 Å². The van der Waals surface area contributed by atoms with Gasteiger partial charge in [0.2, 0.25) is 11.8 Å². The van der Waals surface area contributed by atoms with E-state index in [1.165, 1.54) is 6.66 Å². The zero-order valence-electron chi connectivity index (χ0n) is 13.9. The second-order valence-corrected chi connectivity index (χ2v) is 7.24. The first-order chi connectivity index (χ1) is 12.0. The normalized spacial score (nSPS) is 28.6. The van der Waals surface area contributed by atoms with Gasteiger partial charge in [-0.1, -0.05) is 0 Å². The van der Waals surface area contributed by atoms with E-state index >= 15 is 0 Å². The molecule has 2 N–H and O–H groups in total. The molecule has 4 atom stereocenters. The fraction of sp³-hybridized carbons (Fsp3) is 0.643. The van der Waals surface area contributed by atoms with Gasteiger partial charge in [-0.3, -0.25) is 4.57 Å². The van der Waals surface area contributed by atoms with Gasteiger partial charge < -0.3 is 19.9 Å². The molecule has 2 aliphatic rings. The van der Waals surface area contributed by atoms with E-state index in [4.69, 9.17) is 24.5 Å². The molecule has 2 aliphatic heterocycles. The molecule has 2 aromatic heterocycles. The van der Waals surface area contributed by atoms with Crippen LogP contribution >= 0.6 is 8.03 Å². The topological polar surface area (TPSA) is 124 Å². The van der Waals surface area contributed by atoms with Crippen LogP contribution in [0.5, 0.6) is 5.88 Å². The van der Waals surface area contributed by atoms with Crippen LogP contribution in [0, 0.1) is 0 Å². The van der Waals surface area contributed by atoms with Crippen LogP contribution in [0.4, 0.5) is 5.95 Å². The van der Waals surface area contributed by atoms with E-state index in [1.54, 1.807) is 10.9 Å². The molecule has 11 heteroatoms. The average Bonchev–Trinajstić information content (AvgIpc) is 3.25. The molecule has 0 saturated carbocycles. The van der Waals surface area contributed by atoms with Crippen molar-refractivity contribution in [3.63, 3.8) is 0 Å². The predicted molar refractivity (Wildman–Crippen MR) is 87.6 cm³/mol. The smallest absolute Gasteiger partial charge is 0.476 e. The molecule has 2 aromatic rings. The molecule has 2 fully saturated rings. The third-order valence-electron chi connectivity index (χ3n) is 4.29. The molecule has 0 aliphatic carbocycles. The molecule has 0 radical (unpaired) electrons.